The highest BCUT2D eigenvalue weighted by Crippen LogP contribution is 2.09. The first-order valence-electron chi connectivity index (χ1n) is 7.83. The lowest BCUT2D eigenvalue weighted by molar-refractivity contribution is 0.148. The van der Waals surface area contributed by atoms with E-state index >= 15 is 0 Å². The van der Waals surface area contributed by atoms with Crippen LogP contribution in [-0.2, 0) is 13.1 Å². The van der Waals surface area contributed by atoms with E-state index < -0.39 is 0 Å². The van der Waals surface area contributed by atoms with E-state index in [2.05, 4.69) is 60.3 Å². The molecule has 0 spiro atoms. The number of nitrogens with zero attached hydrogens (tertiary/aromatic N) is 2. The zero-order valence-corrected chi connectivity index (χ0v) is 13.2. The highest BCUT2D eigenvalue weighted by atomic mass is 15.2. The quantitative estimate of drug-likeness (QED) is 0.858. The van der Waals surface area contributed by atoms with E-state index in [4.69, 9.17) is 0 Å². The second-order valence-electron chi connectivity index (χ2n) is 6.42. The fraction of sp³-hybridized carbons (Fsp3) is 0.647. The molecular weight excluding hydrogens is 246 g/mol. The van der Waals surface area contributed by atoms with Gasteiger partial charge in [0.2, 0.25) is 0 Å². The van der Waals surface area contributed by atoms with Gasteiger partial charge in [-0.05, 0) is 30.6 Å². The summed E-state index contributed by atoms with van der Waals surface area (Å²) in [5, 5.41) is 3.49. The van der Waals surface area contributed by atoms with E-state index in [1.807, 2.05) is 0 Å². The molecule has 0 aromatic heterocycles. The highest BCUT2D eigenvalue weighted by Gasteiger charge is 2.13. The molecule has 1 aliphatic heterocycles. The van der Waals surface area contributed by atoms with Gasteiger partial charge in [0.25, 0.3) is 0 Å². The van der Waals surface area contributed by atoms with Crippen LogP contribution in [0.15, 0.2) is 24.3 Å². The molecule has 0 atom stereocenters. The van der Waals surface area contributed by atoms with Gasteiger partial charge in [0, 0.05) is 39.3 Å². The first kappa shape index (κ1) is 15.5. The third-order valence-corrected chi connectivity index (χ3v) is 3.91. The third kappa shape index (κ3) is 5.23. The number of rotatable bonds is 6. The van der Waals surface area contributed by atoms with Crippen molar-refractivity contribution in [1.82, 2.24) is 15.1 Å². The second kappa shape index (κ2) is 7.77. The summed E-state index contributed by atoms with van der Waals surface area (Å²) >= 11 is 0. The maximum absolute atomic E-state index is 3.49. The van der Waals surface area contributed by atoms with Crippen molar-refractivity contribution in [3.05, 3.63) is 35.4 Å². The van der Waals surface area contributed by atoms with Crippen LogP contribution >= 0.6 is 0 Å². The topological polar surface area (TPSA) is 18.5 Å². The summed E-state index contributed by atoms with van der Waals surface area (Å²) in [7, 11) is 2.20. The van der Waals surface area contributed by atoms with Gasteiger partial charge in [0.05, 0.1) is 0 Å². The van der Waals surface area contributed by atoms with Crippen LogP contribution < -0.4 is 5.32 Å². The average Bonchev–Trinajstić information content (AvgIpc) is 2.43. The molecule has 1 aliphatic rings. The van der Waals surface area contributed by atoms with Crippen molar-refractivity contribution >= 4 is 0 Å². The predicted octanol–water partition coefficient (Wildman–Crippen LogP) is 2.18. The molecule has 20 heavy (non-hydrogen) atoms. The molecule has 0 saturated carbocycles. The SMILES string of the molecule is CC(C)CNCc1ccc(CN2CCN(C)CC2)cc1. The molecule has 0 bridgehead atoms. The molecule has 1 fully saturated rings. The van der Waals surface area contributed by atoms with Crippen molar-refractivity contribution in [2.75, 3.05) is 39.8 Å². The van der Waals surface area contributed by atoms with Gasteiger partial charge in [0.15, 0.2) is 0 Å². The number of likely N-dealkylation sites (N-methyl/N-ethyl adjacent to an activating group) is 1. The molecule has 0 unspecified atom stereocenters. The maximum Gasteiger partial charge on any atom is 0.0234 e. The Morgan fingerprint density at radius 2 is 1.60 bits per heavy atom. The number of hydrogen-bond acceptors (Lipinski definition) is 3. The third-order valence-electron chi connectivity index (χ3n) is 3.91. The van der Waals surface area contributed by atoms with Crippen LogP contribution in [0.25, 0.3) is 0 Å². The smallest absolute Gasteiger partial charge is 0.0234 e. The van der Waals surface area contributed by atoms with E-state index in [0.717, 1.165) is 19.6 Å². The maximum atomic E-state index is 3.49. The van der Waals surface area contributed by atoms with Gasteiger partial charge in [-0.15, -0.1) is 0 Å². The molecule has 0 aliphatic carbocycles. The molecule has 1 heterocycles. The normalized spacial score (nSPS) is 17.8. The molecule has 0 amide bonds. The summed E-state index contributed by atoms with van der Waals surface area (Å²) < 4.78 is 0. The zero-order chi connectivity index (χ0) is 14.4. The summed E-state index contributed by atoms with van der Waals surface area (Å²) in [6.07, 6.45) is 0. The standard InChI is InChI=1S/C17H29N3/c1-15(2)12-18-13-16-4-6-17(7-5-16)14-20-10-8-19(3)9-11-20/h4-7,15,18H,8-14H2,1-3H3. The van der Waals surface area contributed by atoms with Crippen LogP contribution in [0, 0.1) is 5.92 Å². The van der Waals surface area contributed by atoms with Gasteiger partial charge < -0.3 is 10.2 Å². The molecule has 3 heteroatoms. The zero-order valence-electron chi connectivity index (χ0n) is 13.2. The monoisotopic (exact) mass is 275 g/mol. The lowest BCUT2D eigenvalue weighted by Crippen LogP contribution is -2.43. The van der Waals surface area contributed by atoms with Gasteiger partial charge in [0.1, 0.15) is 0 Å². The molecular formula is C17H29N3. The summed E-state index contributed by atoms with van der Waals surface area (Å²) in [6.45, 7) is 12.4. The van der Waals surface area contributed by atoms with Crippen LogP contribution in [0.3, 0.4) is 0 Å². The van der Waals surface area contributed by atoms with Crippen LogP contribution in [0.5, 0.6) is 0 Å². The summed E-state index contributed by atoms with van der Waals surface area (Å²) in [6, 6.07) is 9.09. The van der Waals surface area contributed by atoms with Crippen LogP contribution in [0.1, 0.15) is 25.0 Å². The fourth-order valence-electron chi connectivity index (χ4n) is 2.53. The summed E-state index contributed by atoms with van der Waals surface area (Å²) in [5.41, 5.74) is 2.81. The Morgan fingerprint density at radius 3 is 2.20 bits per heavy atom. The molecule has 1 N–H and O–H groups in total. The Morgan fingerprint density at radius 1 is 1.00 bits per heavy atom. The van der Waals surface area contributed by atoms with Crippen LogP contribution in [0.4, 0.5) is 0 Å². The molecule has 2 rings (SSSR count). The van der Waals surface area contributed by atoms with E-state index in [1.165, 1.54) is 37.3 Å². The Balaban J connectivity index is 1.76. The van der Waals surface area contributed by atoms with Crippen molar-refractivity contribution in [3.63, 3.8) is 0 Å². The van der Waals surface area contributed by atoms with Gasteiger partial charge in [-0.3, -0.25) is 4.90 Å². The van der Waals surface area contributed by atoms with Crippen LogP contribution in [0.2, 0.25) is 0 Å². The first-order valence-corrected chi connectivity index (χ1v) is 7.83. The Bertz CT molecular complexity index is 378. The van der Waals surface area contributed by atoms with Crippen molar-refractivity contribution in [3.8, 4) is 0 Å². The number of benzene rings is 1. The first-order chi connectivity index (χ1) is 9.63. The average molecular weight is 275 g/mol. The van der Waals surface area contributed by atoms with Crippen molar-refractivity contribution in [1.29, 1.82) is 0 Å². The van der Waals surface area contributed by atoms with Crippen LogP contribution in [-0.4, -0.2) is 49.6 Å². The van der Waals surface area contributed by atoms with Gasteiger partial charge >= 0.3 is 0 Å². The van der Waals surface area contributed by atoms with Crippen molar-refractivity contribution in [2.45, 2.75) is 26.9 Å². The summed E-state index contributed by atoms with van der Waals surface area (Å²) in [4.78, 5) is 4.95. The van der Waals surface area contributed by atoms with Gasteiger partial charge in [-0.25, -0.2) is 0 Å². The van der Waals surface area contributed by atoms with E-state index in [-0.39, 0.29) is 0 Å². The van der Waals surface area contributed by atoms with E-state index in [1.54, 1.807) is 0 Å². The minimum Gasteiger partial charge on any atom is -0.312 e. The van der Waals surface area contributed by atoms with Gasteiger partial charge in [-0.1, -0.05) is 38.1 Å². The molecule has 1 aromatic carbocycles. The molecule has 112 valence electrons. The van der Waals surface area contributed by atoms with Crippen molar-refractivity contribution < 1.29 is 0 Å². The Kier molecular flexibility index (Phi) is 6.02. The molecule has 3 nitrogen and oxygen atoms in total. The lowest BCUT2D eigenvalue weighted by Gasteiger charge is -2.32. The second-order valence-corrected chi connectivity index (χ2v) is 6.42. The predicted molar refractivity (Wildman–Crippen MR) is 85.8 cm³/mol. The van der Waals surface area contributed by atoms with E-state index in [9.17, 15) is 0 Å². The largest absolute Gasteiger partial charge is 0.312 e. The number of nitrogens with one attached hydrogen (secondary N) is 1. The minimum atomic E-state index is 0.714. The molecule has 1 saturated heterocycles. The lowest BCUT2D eigenvalue weighted by atomic mass is 10.1. The minimum absolute atomic E-state index is 0.714. The number of hydrogen-bond donors (Lipinski definition) is 1. The van der Waals surface area contributed by atoms with Gasteiger partial charge in [-0.2, -0.15) is 0 Å². The summed E-state index contributed by atoms with van der Waals surface area (Å²) in [5.74, 6) is 0.714. The molecule has 0 radical (unpaired) electrons. The highest BCUT2D eigenvalue weighted by molar-refractivity contribution is 5.22. The fourth-order valence-corrected chi connectivity index (χ4v) is 2.53. The number of piperazine rings is 1. The Hall–Kier alpha value is -0.900. The van der Waals surface area contributed by atoms with E-state index in [0.29, 0.717) is 5.92 Å². The Labute approximate surface area is 124 Å². The van der Waals surface area contributed by atoms with Crippen molar-refractivity contribution in [2.24, 2.45) is 5.92 Å². The molecule has 1 aromatic rings.